The summed E-state index contributed by atoms with van der Waals surface area (Å²) < 4.78 is 0. The standard InChI is InChI=1S/C16H28N2S/c1-11(2)14-6-5-12(3)9-15(14)17-8-7-16-18-13(4)10-19-16/h10-12,14-15,17H,5-9H2,1-4H3. The van der Waals surface area contributed by atoms with Gasteiger partial charge in [0.25, 0.3) is 0 Å². The first kappa shape index (κ1) is 15.0. The van der Waals surface area contributed by atoms with Gasteiger partial charge >= 0.3 is 0 Å². The zero-order chi connectivity index (χ0) is 13.8. The van der Waals surface area contributed by atoms with E-state index in [2.05, 4.69) is 43.4 Å². The van der Waals surface area contributed by atoms with E-state index in [1.807, 2.05) is 0 Å². The SMILES string of the molecule is Cc1csc(CCNC2CC(C)CCC2C(C)C)n1. The Labute approximate surface area is 122 Å². The van der Waals surface area contributed by atoms with E-state index >= 15 is 0 Å². The van der Waals surface area contributed by atoms with Gasteiger partial charge in [-0.2, -0.15) is 0 Å². The summed E-state index contributed by atoms with van der Waals surface area (Å²) in [7, 11) is 0. The van der Waals surface area contributed by atoms with Gasteiger partial charge in [-0.1, -0.05) is 27.2 Å². The van der Waals surface area contributed by atoms with Crippen molar-refractivity contribution in [3.05, 3.63) is 16.1 Å². The number of nitrogens with one attached hydrogen (secondary N) is 1. The first-order valence-electron chi connectivity index (χ1n) is 7.70. The topological polar surface area (TPSA) is 24.9 Å². The zero-order valence-corrected chi connectivity index (χ0v) is 13.6. The Bertz CT molecular complexity index is 386. The quantitative estimate of drug-likeness (QED) is 0.880. The second kappa shape index (κ2) is 6.85. The molecule has 0 aromatic carbocycles. The van der Waals surface area contributed by atoms with Crippen molar-refractivity contribution in [2.45, 2.75) is 59.4 Å². The van der Waals surface area contributed by atoms with Gasteiger partial charge in [0, 0.05) is 30.1 Å². The Morgan fingerprint density at radius 3 is 2.84 bits per heavy atom. The summed E-state index contributed by atoms with van der Waals surface area (Å²) >= 11 is 1.79. The average molecular weight is 280 g/mol. The lowest BCUT2D eigenvalue weighted by Gasteiger charge is -2.38. The molecule has 3 heteroatoms. The molecule has 0 radical (unpaired) electrons. The summed E-state index contributed by atoms with van der Waals surface area (Å²) in [5, 5.41) is 7.23. The molecule has 1 aromatic heterocycles. The Hall–Kier alpha value is -0.410. The van der Waals surface area contributed by atoms with Crippen molar-refractivity contribution in [1.82, 2.24) is 10.3 Å². The molecule has 0 bridgehead atoms. The number of nitrogens with zero attached hydrogens (tertiary/aromatic N) is 1. The van der Waals surface area contributed by atoms with Gasteiger partial charge < -0.3 is 5.32 Å². The van der Waals surface area contributed by atoms with Crippen LogP contribution in [0.25, 0.3) is 0 Å². The van der Waals surface area contributed by atoms with Crippen LogP contribution in [-0.2, 0) is 6.42 Å². The molecule has 1 saturated carbocycles. The van der Waals surface area contributed by atoms with Crippen molar-refractivity contribution in [3.8, 4) is 0 Å². The Morgan fingerprint density at radius 2 is 2.21 bits per heavy atom. The summed E-state index contributed by atoms with van der Waals surface area (Å²) in [5.74, 6) is 2.54. The van der Waals surface area contributed by atoms with Gasteiger partial charge in [-0.05, 0) is 37.5 Å². The Kier molecular flexibility index (Phi) is 5.40. The molecule has 2 rings (SSSR count). The summed E-state index contributed by atoms with van der Waals surface area (Å²) in [6.45, 7) is 10.3. The number of rotatable bonds is 5. The highest BCUT2D eigenvalue weighted by Gasteiger charge is 2.29. The first-order valence-corrected chi connectivity index (χ1v) is 8.58. The molecule has 2 nitrogen and oxygen atoms in total. The molecule has 3 unspecified atom stereocenters. The minimum atomic E-state index is 0.713. The summed E-state index contributed by atoms with van der Waals surface area (Å²) in [5.41, 5.74) is 1.16. The van der Waals surface area contributed by atoms with Gasteiger partial charge in [0.15, 0.2) is 0 Å². The fraction of sp³-hybridized carbons (Fsp3) is 0.812. The number of hydrogen-bond donors (Lipinski definition) is 1. The van der Waals surface area contributed by atoms with E-state index in [9.17, 15) is 0 Å². The van der Waals surface area contributed by atoms with E-state index in [1.54, 1.807) is 11.3 Å². The normalized spacial score (nSPS) is 27.9. The lowest BCUT2D eigenvalue weighted by atomic mass is 9.74. The highest BCUT2D eigenvalue weighted by atomic mass is 32.1. The van der Waals surface area contributed by atoms with Crippen molar-refractivity contribution in [3.63, 3.8) is 0 Å². The van der Waals surface area contributed by atoms with Crippen LogP contribution in [0.2, 0.25) is 0 Å². The van der Waals surface area contributed by atoms with Gasteiger partial charge in [-0.15, -0.1) is 11.3 Å². The highest BCUT2D eigenvalue weighted by molar-refractivity contribution is 7.09. The van der Waals surface area contributed by atoms with Crippen LogP contribution < -0.4 is 5.32 Å². The van der Waals surface area contributed by atoms with E-state index in [4.69, 9.17) is 0 Å². The van der Waals surface area contributed by atoms with E-state index in [-0.39, 0.29) is 0 Å². The van der Waals surface area contributed by atoms with Crippen LogP contribution in [0.15, 0.2) is 5.38 Å². The minimum Gasteiger partial charge on any atom is -0.313 e. The average Bonchev–Trinajstić information content (AvgIpc) is 2.75. The van der Waals surface area contributed by atoms with Gasteiger partial charge in [-0.3, -0.25) is 0 Å². The maximum atomic E-state index is 4.54. The summed E-state index contributed by atoms with van der Waals surface area (Å²) in [4.78, 5) is 4.54. The molecule has 0 saturated heterocycles. The maximum Gasteiger partial charge on any atom is 0.0940 e. The van der Waals surface area contributed by atoms with Gasteiger partial charge in [0.05, 0.1) is 5.01 Å². The molecule has 1 fully saturated rings. The molecular formula is C16H28N2S. The van der Waals surface area contributed by atoms with Crippen LogP contribution in [0, 0.1) is 24.7 Å². The molecule has 1 aliphatic rings. The molecule has 108 valence electrons. The summed E-state index contributed by atoms with van der Waals surface area (Å²) in [6.07, 6.45) is 5.23. The van der Waals surface area contributed by atoms with Gasteiger partial charge in [0.1, 0.15) is 0 Å². The maximum absolute atomic E-state index is 4.54. The number of hydrogen-bond acceptors (Lipinski definition) is 3. The Morgan fingerprint density at radius 1 is 1.42 bits per heavy atom. The zero-order valence-electron chi connectivity index (χ0n) is 12.8. The van der Waals surface area contributed by atoms with E-state index in [1.165, 1.54) is 24.3 Å². The fourth-order valence-electron chi connectivity index (χ4n) is 3.32. The predicted octanol–water partition coefficient (Wildman–Crippen LogP) is 4.04. The molecule has 1 aliphatic carbocycles. The monoisotopic (exact) mass is 280 g/mol. The van der Waals surface area contributed by atoms with Crippen LogP contribution in [0.4, 0.5) is 0 Å². The molecule has 0 aliphatic heterocycles. The summed E-state index contributed by atoms with van der Waals surface area (Å²) in [6, 6.07) is 0.713. The van der Waals surface area contributed by atoms with E-state index in [0.717, 1.165) is 36.4 Å². The molecular weight excluding hydrogens is 252 g/mol. The molecule has 19 heavy (non-hydrogen) atoms. The molecule has 1 N–H and O–H groups in total. The van der Waals surface area contributed by atoms with Crippen LogP contribution in [0.3, 0.4) is 0 Å². The second-order valence-corrected chi connectivity index (χ2v) is 7.46. The molecule has 1 heterocycles. The lowest BCUT2D eigenvalue weighted by molar-refractivity contribution is 0.171. The molecule has 0 spiro atoms. The highest BCUT2D eigenvalue weighted by Crippen LogP contribution is 2.33. The first-order chi connectivity index (χ1) is 9.06. The van der Waals surface area contributed by atoms with Crippen molar-refractivity contribution in [2.24, 2.45) is 17.8 Å². The minimum absolute atomic E-state index is 0.713. The second-order valence-electron chi connectivity index (χ2n) is 6.52. The van der Waals surface area contributed by atoms with Crippen molar-refractivity contribution >= 4 is 11.3 Å². The van der Waals surface area contributed by atoms with Gasteiger partial charge in [0.2, 0.25) is 0 Å². The van der Waals surface area contributed by atoms with Gasteiger partial charge in [-0.25, -0.2) is 4.98 Å². The number of aryl methyl sites for hydroxylation is 1. The van der Waals surface area contributed by atoms with Crippen molar-refractivity contribution in [2.75, 3.05) is 6.54 Å². The Balaban J connectivity index is 1.82. The van der Waals surface area contributed by atoms with Crippen LogP contribution in [0.5, 0.6) is 0 Å². The molecule has 1 aromatic rings. The van der Waals surface area contributed by atoms with Crippen molar-refractivity contribution < 1.29 is 0 Å². The third-order valence-electron chi connectivity index (χ3n) is 4.43. The largest absolute Gasteiger partial charge is 0.313 e. The van der Waals surface area contributed by atoms with Crippen LogP contribution in [-0.4, -0.2) is 17.6 Å². The van der Waals surface area contributed by atoms with Crippen LogP contribution >= 0.6 is 11.3 Å². The molecule has 3 atom stereocenters. The lowest BCUT2D eigenvalue weighted by Crippen LogP contribution is -2.43. The van der Waals surface area contributed by atoms with Crippen molar-refractivity contribution in [1.29, 1.82) is 0 Å². The smallest absolute Gasteiger partial charge is 0.0940 e. The van der Waals surface area contributed by atoms with E-state index in [0.29, 0.717) is 6.04 Å². The van der Waals surface area contributed by atoms with Crippen LogP contribution in [0.1, 0.15) is 50.7 Å². The molecule has 0 amide bonds. The van der Waals surface area contributed by atoms with E-state index < -0.39 is 0 Å². The number of thiazole rings is 1. The predicted molar refractivity (Wildman–Crippen MR) is 83.7 cm³/mol. The number of aromatic nitrogens is 1. The third kappa shape index (κ3) is 4.28. The fourth-order valence-corrected chi connectivity index (χ4v) is 4.09. The third-order valence-corrected chi connectivity index (χ3v) is 5.46.